The van der Waals surface area contributed by atoms with Gasteiger partial charge in [-0.05, 0) is 12.1 Å². The molecule has 1 unspecified atom stereocenters. The maximum absolute atomic E-state index is 11.5. The van der Waals surface area contributed by atoms with E-state index in [4.69, 9.17) is 21.1 Å². The Hall–Kier alpha value is -1.68. The van der Waals surface area contributed by atoms with Crippen LogP contribution in [0.25, 0.3) is 5.76 Å². The van der Waals surface area contributed by atoms with E-state index in [-0.39, 0.29) is 5.76 Å². The summed E-state index contributed by atoms with van der Waals surface area (Å²) >= 11 is 6.04. The third kappa shape index (κ3) is 2.22. The van der Waals surface area contributed by atoms with Gasteiger partial charge < -0.3 is 14.2 Å². The summed E-state index contributed by atoms with van der Waals surface area (Å²) in [6, 6.07) is 7.06. The second-order valence-electron chi connectivity index (χ2n) is 3.43. The van der Waals surface area contributed by atoms with Crippen LogP contribution in [0.4, 0.5) is 0 Å². The molecular formula is C12H11ClO4. The molecule has 1 aliphatic heterocycles. The van der Waals surface area contributed by atoms with Gasteiger partial charge in [-0.1, -0.05) is 23.7 Å². The van der Waals surface area contributed by atoms with Gasteiger partial charge in [-0.2, -0.15) is 0 Å². The fraction of sp³-hybridized carbons (Fsp3) is 0.250. The first-order valence-electron chi connectivity index (χ1n) is 5.04. The minimum atomic E-state index is -0.579. The average Bonchev–Trinajstić information content (AvgIpc) is 2.71. The van der Waals surface area contributed by atoms with Crippen molar-refractivity contribution in [2.24, 2.45) is 0 Å². The summed E-state index contributed by atoms with van der Waals surface area (Å²) in [5.41, 5.74) is 0.610. The zero-order valence-electron chi connectivity index (χ0n) is 9.40. The Balaban J connectivity index is 2.47. The van der Waals surface area contributed by atoms with Crippen molar-refractivity contribution in [3.8, 4) is 0 Å². The fourth-order valence-corrected chi connectivity index (χ4v) is 1.75. The molecule has 1 aromatic carbocycles. The van der Waals surface area contributed by atoms with Gasteiger partial charge in [0.2, 0.25) is 6.29 Å². The minimum Gasteiger partial charge on any atom is -0.463 e. The summed E-state index contributed by atoms with van der Waals surface area (Å²) in [5.74, 6) is -0.215. The first-order valence-corrected chi connectivity index (χ1v) is 5.42. The van der Waals surface area contributed by atoms with Crippen molar-refractivity contribution in [2.75, 3.05) is 7.11 Å². The molecule has 0 spiro atoms. The molecule has 0 radical (unpaired) electrons. The van der Waals surface area contributed by atoms with Gasteiger partial charge in [0.05, 0.1) is 12.1 Å². The second kappa shape index (κ2) is 4.67. The van der Waals surface area contributed by atoms with Crippen LogP contribution in [0.1, 0.15) is 12.5 Å². The smallest absolute Gasteiger partial charge is 0.377 e. The van der Waals surface area contributed by atoms with Gasteiger partial charge in [-0.15, -0.1) is 0 Å². The van der Waals surface area contributed by atoms with Crippen molar-refractivity contribution in [1.29, 1.82) is 0 Å². The van der Waals surface area contributed by atoms with E-state index in [0.29, 0.717) is 16.3 Å². The Labute approximate surface area is 104 Å². The Kier molecular flexibility index (Phi) is 3.24. The number of benzene rings is 1. The van der Waals surface area contributed by atoms with E-state index in [1.54, 1.807) is 31.2 Å². The Bertz CT molecular complexity index is 481. The van der Waals surface area contributed by atoms with Gasteiger partial charge in [0.25, 0.3) is 5.76 Å². The molecule has 17 heavy (non-hydrogen) atoms. The van der Waals surface area contributed by atoms with E-state index in [1.165, 1.54) is 7.11 Å². The molecule has 1 atom stereocenters. The molecule has 2 rings (SSSR count). The number of methoxy groups -OCH3 is 1. The second-order valence-corrected chi connectivity index (χ2v) is 3.84. The molecule has 5 heteroatoms. The average molecular weight is 255 g/mol. The summed E-state index contributed by atoms with van der Waals surface area (Å²) in [6.07, 6.45) is -0.532. The Morgan fingerprint density at radius 1 is 1.35 bits per heavy atom. The Morgan fingerprint density at radius 3 is 2.71 bits per heavy atom. The van der Waals surface area contributed by atoms with Crippen molar-refractivity contribution in [3.63, 3.8) is 0 Å². The molecule has 0 aliphatic carbocycles. The Morgan fingerprint density at radius 2 is 2.06 bits per heavy atom. The number of carbonyl (C=O) groups is 1. The van der Waals surface area contributed by atoms with E-state index in [2.05, 4.69) is 4.74 Å². The van der Waals surface area contributed by atoms with E-state index in [9.17, 15) is 4.79 Å². The van der Waals surface area contributed by atoms with Gasteiger partial charge in [0.15, 0.2) is 5.76 Å². The fourth-order valence-electron chi connectivity index (χ4n) is 1.53. The van der Waals surface area contributed by atoms with Gasteiger partial charge in [-0.25, -0.2) is 4.79 Å². The van der Waals surface area contributed by atoms with E-state index in [1.807, 2.05) is 0 Å². The molecule has 1 aliphatic rings. The van der Waals surface area contributed by atoms with Crippen molar-refractivity contribution >= 4 is 23.3 Å². The van der Waals surface area contributed by atoms with E-state index < -0.39 is 12.3 Å². The topological polar surface area (TPSA) is 44.8 Å². The summed E-state index contributed by atoms with van der Waals surface area (Å²) in [6.45, 7) is 1.69. The number of hydrogen-bond donors (Lipinski definition) is 0. The van der Waals surface area contributed by atoms with E-state index in [0.717, 1.165) is 0 Å². The first-order chi connectivity index (χ1) is 8.13. The standard InChI is InChI=1S/C12H11ClO4/c1-7-16-10(11(17-7)12(14)15-2)8-5-3-4-6-9(8)13/h3-7H,1-2H3. The molecular weight excluding hydrogens is 244 g/mol. The highest BCUT2D eigenvalue weighted by Crippen LogP contribution is 2.34. The normalized spacial score (nSPS) is 18.6. The van der Waals surface area contributed by atoms with Gasteiger partial charge in [0.1, 0.15) is 0 Å². The van der Waals surface area contributed by atoms with Crippen LogP contribution >= 0.6 is 11.6 Å². The highest BCUT2D eigenvalue weighted by Gasteiger charge is 2.31. The number of esters is 1. The summed E-state index contributed by atoms with van der Waals surface area (Å²) in [4.78, 5) is 11.5. The number of ether oxygens (including phenoxy) is 3. The van der Waals surface area contributed by atoms with Crippen molar-refractivity contribution in [1.82, 2.24) is 0 Å². The van der Waals surface area contributed by atoms with Crippen molar-refractivity contribution < 1.29 is 19.0 Å². The SMILES string of the molecule is COC(=O)C1=C(c2ccccc2Cl)OC(C)O1. The van der Waals surface area contributed by atoms with Crippen molar-refractivity contribution in [3.05, 3.63) is 40.6 Å². The quantitative estimate of drug-likeness (QED) is 0.761. The van der Waals surface area contributed by atoms with Gasteiger partial charge >= 0.3 is 5.97 Å². The van der Waals surface area contributed by atoms with Crippen LogP contribution in [0, 0.1) is 0 Å². The lowest BCUT2D eigenvalue weighted by atomic mass is 10.1. The van der Waals surface area contributed by atoms with Crippen LogP contribution < -0.4 is 0 Å². The molecule has 0 bridgehead atoms. The summed E-state index contributed by atoms with van der Waals surface area (Å²) in [7, 11) is 1.28. The van der Waals surface area contributed by atoms with Crippen LogP contribution in [0.2, 0.25) is 5.02 Å². The number of halogens is 1. The molecule has 0 aromatic heterocycles. The molecule has 0 fully saturated rings. The highest BCUT2D eigenvalue weighted by atomic mass is 35.5. The van der Waals surface area contributed by atoms with E-state index >= 15 is 0 Å². The molecule has 90 valence electrons. The zero-order valence-corrected chi connectivity index (χ0v) is 10.2. The maximum atomic E-state index is 11.5. The van der Waals surface area contributed by atoms with Crippen LogP contribution in [0.3, 0.4) is 0 Å². The lowest BCUT2D eigenvalue weighted by Gasteiger charge is -2.06. The van der Waals surface area contributed by atoms with Crippen LogP contribution in [-0.4, -0.2) is 19.4 Å². The third-order valence-corrected chi connectivity index (χ3v) is 2.59. The third-order valence-electron chi connectivity index (χ3n) is 2.26. The van der Waals surface area contributed by atoms with Crippen LogP contribution in [0.5, 0.6) is 0 Å². The number of rotatable bonds is 2. The molecule has 1 heterocycles. The van der Waals surface area contributed by atoms with Crippen molar-refractivity contribution in [2.45, 2.75) is 13.2 Å². The lowest BCUT2D eigenvalue weighted by molar-refractivity contribution is -0.141. The highest BCUT2D eigenvalue weighted by molar-refractivity contribution is 6.32. The van der Waals surface area contributed by atoms with Gasteiger partial charge in [-0.3, -0.25) is 0 Å². The lowest BCUT2D eigenvalue weighted by Crippen LogP contribution is -2.08. The predicted octanol–water partition coefficient (Wildman–Crippen LogP) is 2.57. The molecule has 0 N–H and O–H groups in total. The molecule has 4 nitrogen and oxygen atoms in total. The zero-order chi connectivity index (χ0) is 12.4. The number of hydrogen-bond acceptors (Lipinski definition) is 4. The molecule has 0 saturated heterocycles. The molecule has 0 amide bonds. The summed E-state index contributed by atoms with van der Waals surface area (Å²) < 4.78 is 15.3. The monoisotopic (exact) mass is 254 g/mol. The minimum absolute atomic E-state index is 0.0492. The number of carbonyl (C=O) groups excluding carboxylic acids is 1. The van der Waals surface area contributed by atoms with Gasteiger partial charge in [0, 0.05) is 12.5 Å². The predicted molar refractivity (Wildman–Crippen MR) is 62.0 cm³/mol. The molecule has 0 saturated carbocycles. The first kappa shape index (κ1) is 11.8. The largest absolute Gasteiger partial charge is 0.463 e. The summed E-state index contributed by atoms with van der Waals surface area (Å²) in [5, 5.41) is 0.488. The maximum Gasteiger partial charge on any atom is 0.377 e. The van der Waals surface area contributed by atoms with Crippen LogP contribution in [0.15, 0.2) is 30.0 Å². The molecule has 1 aromatic rings. The van der Waals surface area contributed by atoms with Crippen LogP contribution in [-0.2, 0) is 19.0 Å².